The SMILES string of the molecule is COC(=O)C=CC(=O)Nc1ccc(-c2ccccc2S(=O)(=O)NC(C)(C)C)cc1. The number of methoxy groups -OCH3 is 1. The maximum absolute atomic E-state index is 12.8. The van der Waals surface area contributed by atoms with Crippen LogP contribution in [0, 0.1) is 0 Å². The van der Waals surface area contributed by atoms with Crippen molar-refractivity contribution in [1.82, 2.24) is 4.72 Å². The van der Waals surface area contributed by atoms with E-state index in [9.17, 15) is 18.0 Å². The fourth-order valence-corrected chi connectivity index (χ4v) is 4.18. The van der Waals surface area contributed by atoms with Gasteiger partial charge < -0.3 is 10.1 Å². The smallest absolute Gasteiger partial charge is 0.330 e. The molecule has 154 valence electrons. The van der Waals surface area contributed by atoms with Crippen molar-refractivity contribution in [2.24, 2.45) is 0 Å². The number of ether oxygens (including phenoxy) is 1. The Hall–Kier alpha value is -2.97. The minimum atomic E-state index is -3.72. The third-order valence-electron chi connectivity index (χ3n) is 3.65. The van der Waals surface area contributed by atoms with Crippen LogP contribution in [0.1, 0.15) is 20.8 Å². The highest BCUT2D eigenvalue weighted by atomic mass is 32.2. The molecule has 0 aliphatic heterocycles. The van der Waals surface area contributed by atoms with Gasteiger partial charge in [0.2, 0.25) is 15.9 Å². The Bertz CT molecular complexity index is 1020. The lowest BCUT2D eigenvalue weighted by Crippen LogP contribution is -2.40. The van der Waals surface area contributed by atoms with Gasteiger partial charge in [0.15, 0.2) is 0 Å². The van der Waals surface area contributed by atoms with Crippen LogP contribution in [0.4, 0.5) is 5.69 Å². The summed E-state index contributed by atoms with van der Waals surface area (Å²) in [5.41, 5.74) is 1.12. The van der Waals surface area contributed by atoms with E-state index >= 15 is 0 Å². The number of hydrogen-bond acceptors (Lipinski definition) is 5. The molecule has 2 aromatic carbocycles. The molecule has 0 aliphatic carbocycles. The third kappa shape index (κ3) is 6.55. The van der Waals surface area contributed by atoms with Gasteiger partial charge >= 0.3 is 5.97 Å². The van der Waals surface area contributed by atoms with Gasteiger partial charge in [0, 0.05) is 28.9 Å². The molecule has 29 heavy (non-hydrogen) atoms. The molecule has 0 saturated carbocycles. The summed E-state index contributed by atoms with van der Waals surface area (Å²) >= 11 is 0. The highest BCUT2D eigenvalue weighted by Crippen LogP contribution is 2.29. The van der Waals surface area contributed by atoms with E-state index in [4.69, 9.17) is 0 Å². The fraction of sp³-hybridized carbons (Fsp3) is 0.238. The second-order valence-corrected chi connectivity index (χ2v) is 8.93. The number of hydrogen-bond donors (Lipinski definition) is 2. The van der Waals surface area contributed by atoms with Gasteiger partial charge in [-0.2, -0.15) is 0 Å². The predicted octanol–water partition coefficient (Wildman–Crippen LogP) is 3.10. The standard InChI is InChI=1S/C21H24N2O5S/c1-21(2,3)23-29(26,27)18-8-6-5-7-17(18)15-9-11-16(12-10-15)22-19(24)13-14-20(25)28-4/h5-14,23H,1-4H3,(H,22,24). The van der Waals surface area contributed by atoms with Gasteiger partial charge in [-0.25, -0.2) is 17.9 Å². The Labute approximate surface area is 170 Å². The number of rotatable bonds is 6. The van der Waals surface area contributed by atoms with Crippen molar-refractivity contribution in [2.45, 2.75) is 31.2 Å². The highest BCUT2D eigenvalue weighted by Gasteiger charge is 2.24. The molecule has 0 radical (unpaired) electrons. The zero-order valence-corrected chi connectivity index (χ0v) is 17.5. The van der Waals surface area contributed by atoms with E-state index in [2.05, 4.69) is 14.8 Å². The number of esters is 1. The zero-order valence-electron chi connectivity index (χ0n) is 16.7. The largest absolute Gasteiger partial charge is 0.466 e. The Kier molecular flexibility index (Phi) is 6.94. The molecule has 0 bridgehead atoms. The summed E-state index contributed by atoms with van der Waals surface area (Å²) in [6.07, 6.45) is 2.09. The highest BCUT2D eigenvalue weighted by molar-refractivity contribution is 7.89. The van der Waals surface area contributed by atoms with E-state index in [0.29, 0.717) is 16.8 Å². The van der Waals surface area contributed by atoms with Crippen molar-refractivity contribution in [3.63, 3.8) is 0 Å². The average Bonchev–Trinajstić information content (AvgIpc) is 2.65. The van der Waals surface area contributed by atoms with Gasteiger partial charge in [0.05, 0.1) is 12.0 Å². The summed E-state index contributed by atoms with van der Waals surface area (Å²) < 4.78 is 32.7. The van der Waals surface area contributed by atoms with E-state index in [-0.39, 0.29) is 4.90 Å². The maximum atomic E-state index is 12.8. The number of carbonyl (C=O) groups excluding carboxylic acids is 2. The lowest BCUT2D eigenvalue weighted by atomic mass is 10.1. The molecule has 2 aromatic rings. The molecule has 8 heteroatoms. The van der Waals surface area contributed by atoms with Crippen LogP contribution in [-0.2, 0) is 24.3 Å². The number of benzene rings is 2. The molecule has 0 unspecified atom stereocenters. The minimum absolute atomic E-state index is 0.174. The van der Waals surface area contributed by atoms with Crippen LogP contribution < -0.4 is 10.0 Å². The summed E-state index contributed by atoms with van der Waals surface area (Å²) in [6.45, 7) is 5.33. The number of amides is 1. The topological polar surface area (TPSA) is 102 Å². The van der Waals surface area contributed by atoms with Crippen molar-refractivity contribution in [3.8, 4) is 11.1 Å². The first-order valence-electron chi connectivity index (χ1n) is 8.82. The molecule has 0 aliphatic rings. The van der Waals surface area contributed by atoms with E-state index in [0.717, 1.165) is 12.2 Å². The molecule has 0 aromatic heterocycles. The molecule has 2 N–H and O–H groups in total. The van der Waals surface area contributed by atoms with Crippen LogP contribution in [0.25, 0.3) is 11.1 Å². The average molecular weight is 416 g/mol. The van der Waals surface area contributed by atoms with Crippen LogP contribution in [0.2, 0.25) is 0 Å². The molecule has 1 amide bonds. The van der Waals surface area contributed by atoms with E-state index in [1.165, 1.54) is 7.11 Å². The maximum Gasteiger partial charge on any atom is 0.330 e. The van der Waals surface area contributed by atoms with Gasteiger partial charge in [-0.05, 0) is 44.5 Å². The molecule has 0 heterocycles. The van der Waals surface area contributed by atoms with Crippen LogP contribution in [0.3, 0.4) is 0 Å². The lowest BCUT2D eigenvalue weighted by molar-refractivity contribution is -0.135. The summed E-state index contributed by atoms with van der Waals surface area (Å²) in [5.74, 6) is -1.11. The van der Waals surface area contributed by atoms with Crippen molar-refractivity contribution >= 4 is 27.6 Å². The van der Waals surface area contributed by atoms with Gasteiger partial charge in [-0.1, -0.05) is 30.3 Å². The molecule has 0 fully saturated rings. The normalized spacial score (nSPS) is 12.0. The Balaban J connectivity index is 2.26. The number of carbonyl (C=O) groups is 2. The van der Waals surface area contributed by atoms with Crippen LogP contribution in [0.5, 0.6) is 0 Å². The number of nitrogens with one attached hydrogen (secondary N) is 2. The van der Waals surface area contributed by atoms with E-state index < -0.39 is 27.4 Å². The lowest BCUT2D eigenvalue weighted by Gasteiger charge is -2.21. The minimum Gasteiger partial charge on any atom is -0.466 e. The van der Waals surface area contributed by atoms with Gasteiger partial charge in [-0.3, -0.25) is 4.79 Å². The number of anilines is 1. The van der Waals surface area contributed by atoms with E-state index in [1.807, 2.05) is 0 Å². The summed E-state index contributed by atoms with van der Waals surface area (Å²) in [4.78, 5) is 23.0. The zero-order chi connectivity index (χ0) is 21.7. The molecule has 0 saturated heterocycles. The second-order valence-electron chi connectivity index (χ2n) is 7.27. The quantitative estimate of drug-likeness (QED) is 0.557. The monoisotopic (exact) mass is 416 g/mol. The molecule has 0 atom stereocenters. The molecular formula is C21H24N2O5S. The van der Waals surface area contributed by atoms with Crippen molar-refractivity contribution in [3.05, 3.63) is 60.7 Å². The van der Waals surface area contributed by atoms with Gasteiger partial charge in [0.1, 0.15) is 0 Å². The second kappa shape index (κ2) is 9.02. The van der Waals surface area contributed by atoms with Crippen LogP contribution in [-0.4, -0.2) is 32.9 Å². The first-order valence-corrected chi connectivity index (χ1v) is 10.3. The Morgan fingerprint density at radius 3 is 2.17 bits per heavy atom. The molecular weight excluding hydrogens is 392 g/mol. The fourth-order valence-electron chi connectivity index (χ4n) is 2.53. The van der Waals surface area contributed by atoms with E-state index in [1.54, 1.807) is 69.3 Å². The predicted molar refractivity (Wildman–Crippen MR) is 112 cm³/mol. The van der Waals surface area contributed by atoms with Crippen LogP contribution in [0.15, 0.2) is 65.6 Å². The molecule has 7 nitrogen and oxygen atoms in total. The summed E-state index contributed by atoms with van der Waals surface area (Å²) in [5, 5.41) is 2.61. The first-order chi connectivity index (χ1) is 13.5. The number of sulfonamides is 1. The molecule has 0 spiro atoms. The Morgan fingerprint density at radius 1 is 0.966 bits per heavy atom. The third-order valence-corrected chi connectivity index (χ3v) is 5.47. The van der Waals surface area contributed by atoms with Crippen LogP contribution >= 0.6 is 0 Å². The first kappa shape index (κ1) is 22.3. The Morgan fingerprint density at radius 2 is 1.59 bits per heavy atom. The summed E-state index contributed by atoms with van der Waals surface area (Å²) in [6, 6.07) is 13.4. The van der Waals surface area contributed by atoms with Crippen molar-refractivity contribution < 1.29 is 22.7 Å². The summed E-state index contributed by atoms with van der Waals surface area (Å²) in [7, 11) is -2.50. The van der Waals surface area contributed by atoms with Crippen molar-refractivity contribution in [1.29, 1.82) is 0 Å². The van der Waals surface area contributed by atoms with Gasteiger partial charge in [0.25, 0.3) is 0 Å². The van der Waals surface area contributed by atoms with Crippen molar-refractivity contribution in [2.75, 3.05) is 12.4 Å². The molecule has 2 rings (SSSR count). The van der Waals surface area contributed by atoms with Gasteiger partial charge in [-0.15, -0.1) is 0 Å².